The summed E-state index contributed by atoms with van der Waals surface area (Å²) in [6, 6.07) is 7.94. The molecule has 1 fully saturated rings. The van der Waals surface area contributed by atoms with Crippen molar-refractivity contribution in [2.75, 3.05) is 12.3 Å². The molecule has 0 amide bonds. The minimum atomic E-state index is -4.16. The average Bonchev–Trinajstić information content (AvgIpc) is 3.17. The quantitative estimate of drug-likeness (QED) is 0.772. The maximum Gasteiger partial charge on any atom is 0.441 e. The summed E-state index contributed by atoms with van der Waals surface area (Å²) in [5.74, 6) is 0.0882. The highest BCUT2D eigenvalue weighted by Gasteiger charge is 2.29. The first-order valence-electron chi connectivity index (χ1n) is 6.64. The highest BCUT2D eigenvalue weighted by molar-refractivity contribution is 8.00. The number of nitrogens with one attached hydrogen (secondary N) is 1. The number of hydrogen-bond acceptors (Lipinski definition) is 2. The molecule has 1 nitrogen and oxygen atoms in total. The Balaban J connectivity index is 1.94. The van der Waals surface area contributed by atoms with Crippen molar-refractivity contribution < 1.29 is 13.2 Å². The zero-order valence-corrected chi connectivity index (χ0v) is 12.5. The van der Waals surface area contributed by atoms with Crippen LogP contribution in [0.1, 0.15) is 30.7 Å². The first-order valence-corrected chi connectivity index (χ1v) is 8.00. The third-order valence-electron chi connectivity index (χ3n) is 3.31. The van der Waals surface area contributed by atoms with Crippen LogP contribution in [0.3, 0.4) is 0 Å². The first kappa shape index (κ1) is 16.0. The fourth-order valence-corrected chi connectivity index (χ4v) is 3.01. The molecule has 1 aromatic rings. The van der Waals surface area contributed by atoms with Crippen LogP contribution in [-0.2, 0) is 0 Å². The molecule has 1 aliphatic carbocycles. The molecular weight excluding hydrogens is 307 g/mol. The van der Waals surface area contributed by atoms with Crippen LogP contribution < -0.4 is 5.32 Å². The van der Waals surface area contributed by atoms with Gasteiger partial charge in [-0.3, -0.25) is 0 Å². The van der Waals surface area contributed by atoms with Gasteiger partial charge in [-0.2, -0.15) is 13.2 Å². The van der Waals surface area contributed by atoms with E-state index in [1.807, 2.05) is 18.2 Å². The second-order valence-electron chi connectivity index (χ2n) is 4.98. The maximum atomic E-state index is 12.2. The highest BCUT2D eigenvalue weighted by atomic mass is 35.5. The first-order chi connectivity index (χ1) is 9.46. The van der Waals surface area contributed by atoms with E-state index in [1.165, 1.54) is 0 Å². The van der Waals surface area contributed by atoms with Gasteiger partial charge in [-0.05, 0) is 36.8 Å². The minimum Gasteiger partial charge on any atom is -0.313 e. The van der Waals surface area contributed by atoms with Crippen LogP contribution in [0.5, 0.6) is 0 Å². The number of benzene rings is 1. The summed E-state index contributed by atoms with van der Waals surface area (Å²) in [5.41, 5.74) is -3.22. The van der Waals surface area contributed by atoms with Gasteiger partial charge < -0.3 is 5.32 Å². The fourth-order valence-electron chi connectivity index (χ4n) is 2.09. The fraction of sp³-hybridized carbons (Fsp3) is 0.571. The van der Waals surface area contributed by atoms with Gasteiger partial charge in [-0.15, -0.1) is 0 Å². The Morgan fingerprint density at radius 3 is 2.60 bits per heavy atom. The average molecular weight is 324 g/mol. The van der Waals surface area contributed by atoms with Crippen LogP contribution >= 0.6 is 23.4 Å². The lowest BCUT2D eigenvalue weighted by Crippen LogP contribution is -2.24. The molecule has 0 radical (unpaired) electrons. The molecule has 0 spiro atoms. The lowest BCUT2D eigenvalue weighted by Gasteiger charge is -2.19. The van der Waals surface area contributed by atoms with E-state index in [9.17, 15) is 13.2 Å². The number of halogens is 4. The smallest absolute Gasteiger partial charge is 0.313 e. The van der Waals surface area contributed by atoms with E-state index < -0.39 is 5.51 Å². The van der Waals surface area contributed by atoms with Crippen molar-refractivity contribution in [3.63, 3.8) is 0 Å². The lowest BCUT2D eigenvalue weighted by molar-refractivity contribution is -0.0328. The summed E-state index contributed by atoms with van der Waals surface area (Å²) in [6.07, 6.45) is 2.78. The molecule has 20 heavy (non-hydrogen) atoms. The predicted molar refractivity (Wildman–Crippen MR) is 78.3 cm³/mol. The molecule has 0 saturated heterocycles. The summed E-state index contributed by atoms with van der Waals surface area (Å²) in [7, 11) is 0. The topological polar surface area (TPSA) is 12.0 Å². The van der Waals surface area contributed by atoms with Gasteiger partial charge in [0.1, 0.15) is 0 Å². The van der Waals surface area contributed by atoms with E-state index in [-0.39, 0.29) is 23.4 Å². The van der Waals surface area contributed by atoms with Crippen LogP contribution in [-0.4, -0.2) is 23.8 Å². The van der Waals surface area contributed by atoms with Gasteiger partial charge in [0.15, 0.2) is 0 Å². The van der Waals surface area contributed by atoms with Crippen molar-refractivity contribution in [1.29, 1.82) is 0 Å². The standard InChI is InChI=1S/C14H17ClF3NS/c15-13-4-2-1-3-12(13)10(9-19-11-5-6-11)7-8-20-14(16,17)18/h1-4,10-11,19H,5-9H2. The van der Waals surface area contributed by atoms with Gasteiger partial charge in [0, 0.05) is 23.4 Å². The molecule has 2 rings (SSSR count). The zero-order valence-electron chi connectivity index (χ0n) is 10.9. The summed E-state index contributed by atoms with van der Waals surface area (Å²) < 4.78 is 36.7. The maximum absolute atomic E-state index is 12.2. The SMILES string of the molecule is FC(F)(F)SCCC(CNC1CC1)c1ccccc1Cl. The van der Waals surface area contributed by atoms with Crippen molar-refractivity contribution in [3.8, 4) is 0 Å². The Bertz CT molecular complexity index is 435. The lowest BCUT2D eigenvalue weighted by atomic mass is 9.96. The van der Waals surface area contributed by atoms with Gasteiger partial charge >= 0.3 is 5.51 Å². The van der Waals surface area contributed by atoms with Crippen molar-refractivity contribution in [3.05, 3.63) is 34.9 Å². The van der Waals surface area contributed by atoms with Crippen molar-refractivity contribution in [1.82, 2.24) is 5.32 Å². The van der Waals surface area contributed by atoms with Crippen molar-refractivity contribution in [2.45, 2.75) is 36.7 Å². The summed E-state index contributed by atoms with van der Waals surface area (Å²) in [4.78, 5) is 0. The Kier molecular flexibility index (Phi) is 5.64. The van der Waals surface area contributed by atoms with Gasteiger partial charge in [0.05, 0.1) is 0 Å². The number of alkyl halides is 3. The zero-order chi connectivity index (χ0) is 14.6. The third-order valence-corrected chi connectivity index (χ3v) is 4.42. The molecule has 1 aromatic carbocycles. The van der Waals surface area contributed by atoms with Crippen LogP contribution in [0.4, 0.5) is 13.2 Å². The molecule has 1 atom stereocenters. The van der Waals surface area contributed by atoms with Gasteiger partial charge in [-0.25, -0.2) is 0 Å². The van der Waals surface area contributed by atoms with E-state index in [0.29, 0.717) is 24.0 Å². The highest BCUT2D eigenvalue weighted by Crippen LogP contribution is 2.34. The minimum absolute atomic E-state index is 0.0270. The van der Waals surface area contributed by atoms with E-state index in [1.54, 1.807) is 6.07 Å². The molecular formula is C14H17ClF3NS. The monoisotopic (exact) mass is 323 g/mol. The molecule has 0 heterocycles. The van der Waals surface area contributed by atoms with E-state index in [2.05, 4.69) is 5.32 Å². The van der Waals surface area contributed by atoms with Crippen LogP contribution in [0.15, 0.2) is 24.3 Å². The predicted octanol–water partition coefficient (Wildman–Crippen LogP) is 4.82. The van der Waals surface area contributed by atoms with E-state index >= 15 is 0 Å². The largest absolute Gasteiger partial charge is 0.441 e. The van der Waals surface area contributed by atoms with E-state index in [0.717, 1.165) is 18.4 Å². The second-order valence-corrected chi connectivity index (χ2v) is 6.55. The molecule has 1 saturated carbocycles. The van der Waals surface area contributed by atoms with Gasteiger partial charge in [0.25, 0.3) is 0 Å². The second kappa shape index (κ2) is 7.05. The summed E-state index contributed by atoms with van der Waals surface area (Å²) in [5, 5.41) is 4.01. The molecule has 1 aliphatic rings. The Labute approximate surface area is 126 Å². The van der Waals surface area contributed by atoms with Crippen LogP contribution in [0.25, 0.3) is 0 Å². The molecule has 0 bridgehead atoms. The van der Waals surface area contributed by atoms with Crippen molar-refractivity contribution >= 4 is 23.4 Å². The van der Waals surface area contributed by atoms with Gasteiger partial charge in [0.2, 0.25) is 0 Å². The molecule has 1 N–H and O–H groups in total. The Morgan fingerprint density at radius 1 is 1.30 bits per heavy atom. The van der Waals surface area contributed by atoms with Crippen molar-refractivity contribution in [2.24, 2.45) is 0 Å². The summed E-state index contributed by atoms with van der Waals surface area (Å²) >= 11 is 6.20. The Hall–Kier alpha value is -0.390. The van der Waals surface area contributed by atoms with Crippen LogP contribution in [0.2, 0.25) is 5.02 Å². The van der Waals surface area contributed by atoms with Crippen LogP contribution in [0, 0.1) is 0 Å². The van der Waals surface area contributed by atoms with E-state index in [4.69, 9.17) is 11.6 Å². The number of hydrogen-bond donors (Lipinski definition) is 1. The molecule has 112 valence electrons. The Morgan fingerprint density at radius 2 is 2.00 bits per heavy atom. The molecule has 6 heteroatoms. The van der Waals surface area contributed by atoms with Gasteiger partial charge in [-0.1, -0.05) is 41.6 Å². The summed E-state index contributed by atoms with van der Waals surface area (Å²) in [6.45, 7) is 0.687. The number of thioether (sulfide) groups is 1. The third kappa shape index (κ3) is 5.54. The normalized spacial score (nSPS) is 17.2. The number of rotatable bonds is 7. The molecule has 0 aliphatic heterocycles. The molecule has 1 unspecified atom stereocenters. The molecule has 0 aromatic heterocycles.